The molecular weight excluding hydrogens is 1170 g/mol. The van der Waals surface area contributed by atoms with Crippen molar-refractivity contribution in [2.45, 2.75) is 374 Å². The third-order valence-electron chi connectivity index (χ3n) is 16.6. The molecule has 0 bridgehead atoms. The van der Waals surface area contributed by atoms with Crippen molar-refractivity contribution in [3.05, 3.63) is 0 Å². The largest absolute Gasteiger partial charge is 0.472 e. The van der Waals surface area contributed by atoms with E-state index in [1.807, 2.05) is 0 Å². The maximum atomic E-state index is 13.0. The van der Waals surface area contributed by atoms with Crippen molar-refractivity contribution in [2.24, 2.45) is 11.8 Å². The summed E-state index contributed by atoms with van der Waals surface area (Å²) in [5.41, 5.74) is 0. The number of hydrogen-bond donors (Lipinski definition) is 3. The molecule has 0 saturated carbocycles. The van der Waals surface area contributed by atoms with Crippen molar-refractivity contribution in [3.63, 3.8) is 0 Å². The second kappa shape index (κ2) is 62.2. The number of carbonyl (C=O) groups is 4. The van der Waals surface area contributed by atoms with Crippen molar-refractivity contribution in [1.29, 1.82) is 0 Å². The van der Waals surface area contributed by atoms with Gasteiger partial charge in [0.2, 0.25) is 0 Å². The quantitative estimate of drug-likeness (QED) is 0.0222. The van der Waals surface area contributed by atoms with Crippen LogP contribution < -0.4 is 0 Å². The number of rotatable bonds is 69. The van der Waals surface area contributed by atoms with Crippen molar-refractivity contribution >= 4 is 39.5 Å². The Hall–Kier alpha value is -1.94. The molecule has 0 aromatic rings. The first kappa shape index (κ1) is 87.1. The molecule has 3 N–H and O–H groups in total. The third-order valence-corrected chi connectivity index (χ3v) is 18.5. The van der Waals surface area contributed by atoms with Crippen LogP contribution in [0.4, 0.5) is 0 Å². The van der Waals surface area contributed by atoms with Gasteiger partial charge in [-0.3, -0.25) is 37.3 Å². The summed E-state index contributed by atoms with van der Waals surface area (Å²) in [5, 5.41) is 10.6. The molecule has 19 heteroatoms. The number of unbranched alkanes of at least 4 members (excludes halogenated alkanes) is 38. The van der Waals surface area contributed by atoms with E-state index < -0.39 is 97.5 Å². The van der Waals surface area contributed by atoms with Crippen LogP contribution in [0.1, 0.15) is 356 Å². The monoisotopic (exact) mass is 1310 g/mol. The fraction of sp³-hybridized carbons (Fsp3) is 0.943. The van der Waals surface area contributed by atoms with Gasteiger partial charge in [0, 0.05) is 25.7 Å². The molecule has 0 aliphatic heterocycles. The van der Waals surface area contributed by atoms with Crippen LogP contribution >= 0.6 is 15.6 Å². The Labute approximate surface area is 543 Å². The standard InChI is InChI=1S/C70H136O17P2/c1-7-10-12-14-16-28-33-40-46-52-67(72)80-58-65(86-69(74)54-48-42-34-29-17-15-13-11-8-2)60-84-88(76,77)82-56-64(71)57-83-89(78,79)85-61-66(59-81-68(73)53-47-41-37-36-38-44-50-62(4)5)87-70(75)55-49-43-35-31-27-25-23-21-19-18-20-22-24-26-30-32-39-45-51-63(6)9-3/h62-66,71H,7-61H2,1-6H3,(H,76,77)(H,78,79)/t63?,64-,65+,66+/m0/s1. The molecule has 17 nitrogen and oxygen atoms in total. The van der Waals surface area contributed by atoms with Crippen LogP contribution in [0.3, 0.4) is 0 Å². The molecule has 0 fully saturated rings. The van der Waals surface area contributed by atoms with Gasteiger partial charge in [0.1, 0.15) is 19.3 Å². The van der Waals surface area contributed by atoms with E-state index in [9.17, 15) is 43.2 Å². The topological polar surface area (TPSA) is 237 Å². The molecule has 0 saturated heterocycles. The van der Waals surface area contributed by atoms with Gasteiger partial charge in [0.05, 0.1) is 26.4 Å². The molecule has 0 spiro atoms. The Morgan fingerprint density at radius 1 is 0.326 bits per heavy atom. The minimum Gasteiger partial charge on any atom is -0.462 e. The van der Waals surface area contributed by atoms with Crippen molar-refractivity contribution < 1.29 is 80.2 Å². The number of aliphatic hydroxyl groups is 1. The van der Waals surface area contributed by atoms with Crippen LogP contribution in [0.25, 0.3) is 0 Å². The predicted octanol–water partition coefficient (Wildman–Crippen LogP) is 20.0. The minimum absolute atomic E-state index is 0.106. The summed E-state index contributed by atoms with van der Waals surface area (Å²) in [6.45, 7) is 9.49. The van der Waals surface area contributed by atoms with Gasteiger partial charge >= 0.3 is 39.5 Å². The Balaban J connectivity index is 5.09. The molecule has 0 aliphatic carbocycles. The Kier molecular flexibility index (Phi) is 60.8. The van der Waals surface area contributed by atoms with Crippen LogP contribution in [0, 0.1) is 11.8 Å². The van der Waals surface area contributed by atoms with Crippen LogP contribution in [-0.2, 0) is 65.4 Å². The van der Waals surface area contributed by atoms with Crippen molar-refractivity contribution in [1.82, 2.24) is 0 Å². The lowest BCUT2D eigenvalue weighted by atomic mass is 9.99. The molecule has 3 unspecified atom stereocenters. The lowest BCUT2D eigenvalue weighted by Crippen LogP contribution is -2.30. The normalized spacial score (nSPS) is 14.4. The van der Waals surface area contributed by atoms with E-state index in [0.29, 0.717) is 31.6 Å². The number of aliphatic hydroxyl groups excluding tert-OH is 1. The van der Waals surface area contributed by atoms with Gasteiger partial charge in [-0.05, 0) is 37.5 Å². The van der Waals surface area contributed by atoms with E-state index >= 15 is 0 Å². The number of carbonyl (C=O) groups excluding carboxylic acids is 4. The maximum Gasteiger partial charge on any atom is 0.472 e. The fourth-order valence-corrected chi connectivity index (χ4v) is 12.1. The molecule has 6 atom stereocenters. The van der Waals surface area contributed by atoms with E-state index in [1.54, 1.807) is 0 Å². The minimum atomic E-state index is -4.95. The highest BCUT2D eigenvalue weighted by molar-refractivity contribution is 7.47. The number of ether oxygens (including phenoxy) is 4. The molecule has 0 aromatic heterocycles. The summed E-state index contributed by atoms with van der Waals surface area (Å²) in [6.07, 6.45) is 47.5. The summed E-state index contributed by atoms with van der Waals surface area (Å²) >= 11 is 0. The lowest BCUT2D eigenvalue weighted by molar-refractivity contribution is -0.161. The first-order valence-electron chi connectivity index (χ1n) is 36.5. The first-order valence-corrected chi connectivity index (χ1v) is 39.5. The fourth-order valence-electron chi connectivity index (χ4n) is 10.6. The van der Waals surface area contributed by atoms with Crippen LogP contribution in [-0.4, -0.2) is 96.7 Å². The van der Waals surface area contributed by atoms with Gasteiger partial charge < -0.3 is 33.8 Å². The number of esters is 4. The van der Waals surface area contributed by atoms with E-state index in [2.05, 4.69) is 41.5 Å². The average Bonchev–Trinajstić information content (AvgIpc) is 3.56. The number of phosphoric acid groups is 2. The second-order valence-electron chi connectivity index (χ2n) is 26.0. The SMILES string of the molecule is CCCCCCCCCCCC(=O)OC[C@H](COP(=O)(O)OC[C@H](O)COP(=O)(O)OC[C@@H](COC(=O)CCCCCCCCC(C)C)OC(=O)CCCCCCCCCCCCCCCCCCCCC(C)CC)OC(=O)CCCCCCCCCCC. The molecule has 89 heavy (non-hydrogen) atoms. The van der Waals surface area contributed by atoms with E-state index in [4.69, 9.17) is 37.0 Å². The average molecular weight is 1310 g/mol. The Bertz CT molecular complexity index is 1740. The molecule has 0 amide bonds. The molecule has 528 valence electrons. The molecule has 0 heterocycles. The highest BCUT2D eigenvalue weighted by atomic mass is 31.2. The van der Waals surface area contributed by atoms with Gasteiger partial charge in [-0.25, -0.2) is 9.13 Å². The summed E-state index contributed by atoms with van der Waals surface area (Å²) in [6, 6.07) is 0. The van der Waals surface area contributed by atoms with Gasteiger partial charge in [0.15, 0.2) is 12.2 Å². The number of hydrogen-bond acceptors (Lipinski definition) is 15. The molecule has 0 radical (unpaired) electrons. The smallest absolute Gasteiger partial charge is 0.462 e. The highest BCUT2D eigenvalue weighted by Crippen LogP contribution is 2.45. The second-order valence-corrected chi connectivity index (χ2v) is 28.9. The van der Waals surface area contributed by atoms with Gasteiger partial charge in [-0.2, -0.15) is 0 Å². The third kappa shape index (κ3) is 63.2. The predicted molar refractivity (Wildman–Crippen MR) is 358 cm³/mol. The maximum absolute atomic E-state index is 13.0. The summed E-state index contributed by atoms with van der Waals surface area (Å²) < 4.78 is 68.1. The zero-order chi connectivity index (χ0) is 65.7. The molecule has 0 aliphatic rings. The van der Waals surface area contributed by atoms with E-state index in [-0.39, 0.29) is 25.7 Å². The molecule has 0 rings (SSSR count). The van der Waals surface area contributed by atoms with Gasteiger partial charge in [-0.1, -0.05) is 305 Å². The molecule has 0 aromatic carbocycles. The lowest BCUT2D eigenvalue weighted by Gasteiger charge is -2.21. The molecular formula is C70H136O17P2. The van der Waals surface area contributed by atoms with Crippen molar-refractivity contribution in [3.8, 4) is 0 Å². The summed E-state index contributed by atoms with van der Waals surface area (Å²) in [7, 11) is -9.89. The zero-order valence-electron chi connectivity index (χ0n) is 57.7. The zero-order valence-corrected chi connectivity index (χ0v) is 59.5. The van der Waals surface area contributed by atoms with Crippen LogP contribution in [0.15, 0.2) is 0 Å². The van der Waals surface area contributed by atoms with E-state index in [0.717, 1.165) is 102 Å². The Morgan fingerprint density at radius 2 is 0.573 bits per heavy atom. The first-order chi connectivity index (χ1) is 42.9. The van der Waals surface area contributed by atoms with Crippen molar-refractivity contribution in [2.75, 3.05) is 39.6 Å². The highest BCUT2D eigenvalue weighted by Gasteiger charge is 2.30. The number of phosphoric ester groups is 2. The van der Waals surface area contributed by atoms with Crippen LogP contribution in [0.5, 0.6) is 0 Å². The van der Waals surface area contributed by atoms with Crippen LogP contribution in [0.2, 0.25) is 0 Å². The summed E-state index contributed by atoms with van der Waals surface area (Å²) in [5.74, 6) is -0.580. The van der Waals surface area contributed by atoms with Gasteiger partial charge in [-0.15, -0.1) is 0 Å². The van der Waals surface area contributed by atoms with E-state index in [1.165, 1.54) is 167 Å². The Morgan fingerprint density at radius 3 is 0.854 bits per heavy atom. The van der Waals surface area contributed by atoms with Gasteiger partial charge in [0.25, 0.3) is 0 Å². The summed E-state index contributed by atoms with van der Waals surface area (Å²) in [4.78, 5) is 72.3.